The van der Waals surface area contributed by atoms with Crippen molar-refractivity contribution >= 4 is 23.9 Å². The summed E-state index contributed by atoms with van der Waals surface area (Å²) in [6.45, 7) is 4.39. The molecular weight excluding hydrogens is 424 g/mol. The molecule has 33 heavy (non-hydrogen) atoms. The summed E-state index contributed by atoms with van der Waals surface area (Å²) in [6, 6.07) is 15.5. The second kappa shape index (κ2) is 12.5. The minimum Gasteiger partial charge on any atom is -0.379 e. The van der Waals surface area contributed by atoms with Gasteiger partial charge in [-0.3, -0.25) is 25.0 Å². The Balaban J connectivity index is 1.66. The van der Waals surface area contributed by atoms with Crippen molar-refractivity contribution in [1.29, 1.82) is 0 Å². The number of nitrogens with one attached hydrogen (secondary N) is 2. The number of urea groups is 1. The summed E-state index contributed by atoms with van der Waals surface area (Å²) in [4.78, 5) is 40.4. The lowest BCUT2D eigenvalue weighted by molar-refractivity contribution is -0.124. The Morgan fingerprint density at radius 3 is 2.39 bits per heavy atom. The van der Waals surface area contributed by atoms with Crippen molar-refractivity contribution in [2.75, 3.05) is 39.4 Å². The van der Waals surface area contributed by atoms with Crippen LogP contribution in [-0.2, 0) is 16.1 Å². The van der Waals surface area contributed by atoms with Crippen LogP contribution >= 0.6 is 0 Å². The third-order valence-electron chi connectivity index (χ3n) is 5.22. The summed E-state index contributed by atoms with van der Waals surface area (Å²) in [7, 11) is 0. The zero-order valence-electron chi connectivity index (χ0n) is 18.3. The minimum absolute atomic E-state index is 0.319. The first kappa shape index (κ1) is 24.1. The van der Waals surface area contributed by atoms with E-state index in [1.165, 1.54) is 11.6 Å². The van der Waals surface area contributed by atoms with Crippen molar-refractivity contribution in [3.8, 4) is 0 Å². The molecule has 2 aromatic carbocycles. The van der Waals surface area contributed by atoms with Crippen molar-refractivity contribution < 1.29 is 24.3 Å². The molecule has 1 aliphatic heterocycles. The van der Waals surface area contributed by atoms with Crippen LogP contribution in [0.2, 0.25) is 0 Å². The van der Waals surface area contributed by atoms with Gasteiger partial charge in [-0.1, -0.05) is 42.5 Å². The van der Waals surface area contributed by atoms with Gasteiger partial charge in [0.1, 0.15) is 0 Å². The molecule has 4 amide bonds. The van der Waals surface area contributed by atoms with Crippen LogP contribution in [-0.4, -0.2) is 72.2 Å². The summed E-state index contributed by atoms with van der Waals surface area (Å²) in [5.41, 5.74) is 3.60. The second-order valence-corrected chi connectivity index (χ2v) is 7.55. The first-order chi connectivity index (χ1) is 16.0. The van der Waals surface area contributed by atoms with Gasteiger partial charge in [-0.25, -0.2) is 10.3 Å². The SMILES string of the molecule is O=C(C=Cc1ccc(CN(CCN2CCOCC2)C(=O)NC(=O)c2ccccc2)cc1)NO. The number of carbonyl (C=O) groups excluding carboxylic acids is 3. The van der Waals surface area contributed by atoms with Gasteiger partial charge in [-0.2, -0.15) is 0 Å². The third kappa shape index (κ3) is 7.83. The molecule has 0 unspecified atom stereocenters. The van der Waals surface area contributed by atoms with E-state index < -0.39 is 17.8 Å². The van der Waals surface area contributed by atoms with Gasteiger partial charge in [-0.05, 0) is 29.3 Å². The van der Waals surface area contributed by atoms with Crippen molar-refractivity contribution in [3.63, 3.8) is 0 Å². The minimum atomic E-state index is -0.617. The lowest BCUT2D eigenvalue weighted by atomic mass is 10.1. The molecule has 0 aliphatic carbocycles. The van der Waals surface area contributed by atoms with E-state index in [1.54, 1.807) is 35.2 Å². The van der Waals surface area contributed by atoms with Gasteiger partial charge in [0.15, 0.2) is 0 Å². The molecule has 1 heterocycles. The molecule has 0 aromatic heterocycles. The molecular formula is C24H28N4O5. The molecule has 9 heteroatoms. The smallest absolute Gasteiger partial charge is 0.324 e. The highest BCUT2D eigenvalue weighted by atomic mass is 16.5. The zero-order chi connectivity index (χ0) is 23.5. The Labute approximate surface area is 192 Å². The predicted molar refractivity (Wildman–Crippen MR) is 122 cm³/mol. The molecule has 174 valence electrons. The number of hydrogen-bond donors (Lipinski definition) is 3. The fourth-order valence-corrected chi connectivity index (χ4v) is 3.34. The van der Waals surface area contributed by atoms with Gasteiger partial charge >= 0.3 is 6.03 Å². The Kier molecular flexibility index (Phi) is 9.13. The number of carbonyl (C=O) groups is 3. The van der Waals surface area contributed by atoms with E-state index in [1.807, 2.05) is 30.3 Å². The number of rotatable bonds is 8. The molecule has 3 rings (SSSR count). The van der Waals surface area contributed by atoms with Crippen LogP contribution in [0.15, 0.2) is 60.7 Å². The molecule has 0 radical (unpaired) electrons. The van der Waals surface area contributed by atoms with Crippen LogP contribution in [0.3, 0.4) is 0 Å². The van der Waals surface area contributed by atoms with Gasteiger partial charge in [-0.15, -0.1) is 0 Å². The molecule has 0 bridgehead atoms. The molecule has 3 N–H and O–H groups in total. The predicted octanol–water partition coefficient (Wildman–Crippen LogP) is 1.89. The van der Waals surface area contributed by atoms with Crippen molar-refractivity contribution in [2.24, 2.45) is 0 Å². The highest BCUT2D eigenvalue weighted by Gasteiger charge is 2.19. The van der Waals surface area contributed by atoms with Crippen LogP contribution in [0.4, 0.5) is 4.79 Å². The maximum atomic E-state index is 13.0. The van der Waals surface area contributed by atoms with E-state index in [9.17, 15) is 14.4 Å². The Morgan fingerprint density at radius 1 is 1.03 bits per heavy atom. The second-order valence-electron chi connectivity index (χ2n) is 7.55. The molecule has 0 saturated carbocycles. The van der Waals surface area contributed by atoms with E-state index in [-0.39, 0.29) is 0 Å². The molecule has 9 nitrogen and oxygen atoms in total. The summed E-state index contributed by atoms with van der Waals surface area (Å²) >= 11 is 0. The van der Waals surface area contributed by atoms with Crippen LogP contribution in [0, 0.1) is 0 Å². The number of hydroxylamine groups is 1. The quantitative estimate of drug-likeness (QED) is 0.320. The molecule has 2 aromatic rings. The summed E-state index contributed by atoms with van der Waals surface area (Å²) in [5.74, 6) is -1.06. The van der Waals surface area contributed by atoms with Gasteiger partial charge < -0.3 is 9.64 Å². The van der Waals surface area contributed by atoms with Crippen molar-refractivity contribution in [1.82, 2.24) is 20.6 Å². The molecule has 0 atom stereocenters. The Hall–Kier alpha value is -3.53. The standard InChI is InChI=1S/C24H28N4O5/c29-22(26-32)11-10-19-6-8-20(9-7-19)18-28(13-12-27-14-16-33-17-15-27)24(31)25-23(30)21-4-2-1-3-5-21/h1-11,32H,12-18H2,(H,26,29)(H,25,30,31). The fraction of sp³-hybridized carbons (Fsp3) is 0.292. The third-order valence-corrected chi connectivity index (χ3v) is 5.22. The van der Waals surface area contributed by atoms with Gasteiger partial charge in [0.05, 0.1) is 13.2 Å². The molecule has 1 aliphatic rings. The topological polar surface area (TPSA) is 111 Å². The number of hydrogen-bond acceptors (Lipinski definition) is 6. The molecule has 0 spiro atoms. The van der Waals surface area contributed by atoms with E-state index in [4.69, 9.17) is 9.94 Å². The monoisotopic (exact) mass is 452 g/mol. The zero-order valence-corrected chi connectivity index (χ0v) is 18.3. The fourth-order valence-electron chi connectivity index (χ4n) is 3.34. The van der Waals surface area contributed by atoms with E-state index in [0.717, 1.165) is 24.2 Å². The normalized spacial score (nSPS) is 14.1. The van der Waals surface area contributed by atoms with Crippen LogP contribution in [0.25, 0.3) is 6.08 Å². The molecule has 1 saturated heterocycles. The number of amides is 4. The number of nitrogens with zero attached hydrogens (tertiary/aromatic N) is 2. The highest BCUT2D eigenvalue weighted by Crippen LogP contribution is 2.10. The number of ether oxygens (including phenoxy) is 1. The average Bonchev–Trinajstić information content (AvgIpc) is 2.86. The van der Waals surface area contributed by atoms with E-state index in [2.05, 4.69) is 10.2 Å². The van der Waals surface area contributed by atoms with E-state index >= 15 is 0 Å². The summed E-state index contributed by atoms with van der Waals surface area (Å²) in [5, 5.41) is 11.0. The largest absolute Gasteiger partial charge is 0.379 e. The first-order valence-electron chi connectivity index (χ1n) is 10.7. The van der Waals surface area contributed by atoms with Gasteiger partial charge in [0.25, 0.3) is 11.8 Å². The number of morpholine rings is 1. The number of imide groups is 1. The highest BCUT2D eigenvalue weighted by molar-refractivity contribution is 6.04. The Bertz CT molecular complexity index is 957. The van der Waals surface area contributed by atoms with Crippen LogP contribution in [0.5, 0.6) is 0 Å². The molecule has 1 fully saturated rings. The average molecular weight is 453 g/mol. The lowest BCUT2D eigenvalue weighted by Gasteiger charge is -2.30. The summed E-state index contributed by atoms with van der Waals surface area (Å²) < 4.78 is 5.38. The van der Waals surface area contributed by atoms with Crippen LogP contribution < -0.4 is 10.8 Å². The Morgan fingerprint density at radius 2 is 1.73 bits per heavy atom. The van der Waals surface area contributed by atoms with Crippen molar-refractivity contribution in [3.05, 3.63) is 77.4 Å². The first-order valence-corrected chi connectivity index (χ1v) is 10.7. The number of benzene rings is 2. The lowest BCUT2D eigenvalue weighted by Crippen LogP contribution is -2.47. The summed E-state index contributed by atoms with van der Waals surface area (Å²) in [6.07, 6.45) is 2.78. The van der Waals surface area contributed by atoms with E-state index in [0.29, 0.717) is 38.4 Å². The van der Waals surface area contributed by atoms with Crippen LogP contribution in [0.1, 0.15) is 21.5 Å². The van der Waals surface area contributed by atoms with Crippen molar-refractivity contribution in [2.45, 2.75) is 6.54 Å². The maximum absolute atomic E-state index is 13.0. The van der Waals surface area contributed by atoms with Gasteiger partial charge in [0, 0.05) is 44.4 Å². The van der Waals surface area contributed by atoms with Gasteiger partial charge in [0.2, 0.25) is 0 Å². The maximum Gasteiger partial charge on any atom is 0.324 e.